The number of rotatable bonds is 2. The Morgan fingerprint density at radius 2 is 1.62 bits per heavy atom. The second kappa shape index (κ2) is 5.68. The lowest BCUT2D eigenvalue weighted by Gasteiger charge is -2.14. The Hall–Kier alpha value is -2.81. The summed E-state index contributed by atoms with van der Waals surface area (Å²) in [5, 5.41) is 7.17. The van der Waals surface area contributed by atoms with E-state index in [1.807, 2.05) is 12.3 Å². The third kappa shape index (κ3) is 2.42. The standard InChI is InChI=1S/C21H21N3/c1-13-6-11-18-20(15(13)3)24-21(23-18)17-9-7-16(8-10-17)19-14(2)5-4-12-22-19/h4-12,21,23-24H,1-3H3. The van der Waals surface area contributed by atoms with E-state index in [1.54, 1.807) is 0 Å². The molecular formula is C21H21N3. The van der Waals surface area contributed by atoms with Gasteiger partial charge in [-0.15, -0.1) is 0 Å². The van der Waals surface area contributed by atoms with Crippen LogP contribution in [0.5, 0.6) is 0 Å². The van der Waals surface area contributed by atoms with Crippen molar-refractivity contribution in [1.82, 2.24) is 4.98 Å². The van der Waals surface area contributed by atoms with Crippen molar-refractivity contribution in [3.8, 4) is 11.3 Å². The summed E-state index contributed by atoms with van der Waals surface area (Å²) in [5.74, 6) is 0. The molecule has 0 spiro atoms. The fourth-order valence-electron chi connectivity index (χ4n) is 3.25. The molecule has 0 radical (unpaired) electrons. The Labute approximate surface area is 142 Å². The molecule has 0 fully saturated rings. The Balaban J connectivity index is 1.61. The first-order chi connectivity index (χ1) is 11.6. The Morgan fingerprint density at radius 3 is 2.38 bits per heavy atom. The number of aryl methyl sites for hydroxylation is 2. The van der Waals surface area contributed by atoms with Gasteiger partial charge < -0.3 is 10.6 Å². The van der Waals surface area contributed by atoms with Gasteiger partial charge in [0.2, 0.25) is 0 Å². The molecule has 1 atom stereocenters. The van der Waals surface area contributed by atoms with Gasteiger partial charge in [-0.3, -0.25) is 4.98 Å². The monoisotopic (exact) mass is 315 g/mol. The summed E-state index contributed by atoms with van der Waals surface area (Å²) in [4.78, 5) is 4.50. The average molecular weight is 315 g/mol. The SMILES string of the molecule is Cc1cccnc1-c1ccc(C2Nc3ccc(C)c(C)c3N2)cc1. The molecule has 0 aliphatic carbocycles. The lowest BCUT2D eigenvalue weighted by molar-refractivity contribution is 0.940. The predicted octanol–water partition coefficient (Wildman–Crippen LogP) is 5.21. The minimum absolute atomic E-state index is 0.111. The summed E-state index contributed by atoms with van der Waals surface area (Å²) < 4.78 is 0. The molecule has 1 aromatic heterocycles. The van der Waals surface area contributed by atoms with E-state index in [0.29, 0.717) is 0 Å². The summed E-state index contributed by atoms with van der Waals surface area (Å²) in [5.41, 5.74) is 9.62. The van der Waals surface area contributed by atoms with E-state index < -0.39 is 0 Å². The number of nitrogens with zero attached hydrogens (tertiary/aromatic N) is 1. The molecule has 1 aliphatic heterocycles. The van der Waals surface area contributed by atoms with Gasteiger partial charge in [0.15, 0.2) is 0 Å². The lowest BCUT2D eigenvalue weighted by Crippen LogP contribution is -2.12. The average Bonchev–Trinajstić information content (AvgIpc) is 3.04. The quantitative estimate of drug-likeness (QED) is 0.681. The number of pyridine rings is 1. The zero-order chi connectivity index (χ0) is 16.7. The number of aromatic nitrogens is 1. The summed E-state index contributed by atoms with van der Waals surface area (Å²) in [6.45, 7) is 6.41. The van der Waals surface area contributed by atoms with Crippen LogP contribution >= 0.6 is 0 Å². The van der Waals surface area contributed by atoms with Crippen LogP contribution in [0.2, 0.25) is 0 Å². The van der Waals surface area contributed by atoms with Crippen molar-refractivity contribution >= 4 is 11.4 Å². The van der Waals surface area contributed by atoms with Crippen LogP contribution in [0.25, 0.3) is 11.3 Å². The fourth-order valence-corrected chi connectivity index (χ4v) is 3.25. The van der Waals surface area contributed by atoms with Gasteiger partial charge in [0.1, 0.15) is 6.17 Å². The molecule has 24 heavy (non-hydrogen) atoms. The number of benzene rings is 2. The first-order valence-electron chi connectivity index (χ1n) is 8.29. The van der Waals surface area contributed by atoms with Crippen LogP contribution < -0.4 is 10.6 Å². The van der Waals surface area contributed by atoms with Crippen molar-refractivity contribution in [2.24, 2.45) is 0 Å². The van der Waals surface area contributed by atoms with Crippen LogP contribution in [0.15, 0.2) is 54.7 Å². The molecule has 3 heteroatoms. The smallest absolute Gasteiger partial charge is 0.123 e. The molecule has 2 aromatic carbocycles. The lowest BCUT2D eigenvalue weighted by atomic mass is 10.0. The molecule has 0 saturated heterocycles. The fraction of sp³-hybridized carbons (Fsp3) is 0.190. The molecule has 2 heterocycles. The number of hydrogen-bond acceptors (Lipinski definition) is 3. The van der Waals surface area contributed by atoms with Crippen LogP contribution in [0.1, 0.15) is 28.4 Å². The normalized spacial score (nSPS) is 15.5. The maximum Gasteiger partial charge on any atom is 0.123 e. The molecule has 4 rings (SSSR count). The molecule has 3 nitrogen and oxygen atoms in total. The molecule has 0 amide bonds. The Kier molecular flexibility index (Phi) is 3.49. The van der Waals surface area contributed by atoms with E-state index in [9.17, 15) is 0 Å². The minimum atomic E-state index is 0.111. The maximum absolute atomic E-state index is 4.50. The van der Waals surface area contributed by atoms with E-state index in [1.165, 1.54) is 33.6 Å². The third-order valence-electron chi connectivity index (χ3n) is 4.85. The number of hydrogen-bond donors (Lipinski definition) is 2. The van der Waals surface area contributed by atoms with Crippen molar-refractivity contribution in [3.63, 3.8) is 0 Å². The largest absolute Gasteiger partial charge is 0.360 e. The summed E-state index contributed by atoms with van der Waals surface area (Å²) in [6.07, 6.45) is 1.96. The Morgan fingerprint density at radius 1 is 0.833 bits per heavy atom. The third-order valence-corrected chi connectivity index (χ3v) is 4.85. The number of nitrogens with one attached hydrogen (secondary N) is 2. The summed E-state index contributed by atoms with van der Waals surface area (Å²) in [7, 11) is 0. The molecule has 0 saturated carbocycles. The highest BCUT2D eigenvalue weighted by atomic mass is 15.2. The molecule has 2 N–H and O–H groups in total. The van der Waals surface area contributed by atoms with Crippen LogP contribution in [-0.4, -0.2) is 4.98 Å². The Bertz CT molecular complexity index is 897. The van der Waals surface area contributed by atoms with Crippen molar-refractivity contribution in [2.45, 2.75) is 26.9 Å². The van der Waals surface area contributed by atoms with Gasteiger partial charge in [-0.2, -0.15) is 0 Å². The van der Waals surface area contributed by atoms with Gasteiger partial charge >= 0.3 is 0 Å². The van der Waals surface area contributed by atoms with Gasteiger partial charge in [0.05, 0.1) is 17.1 Å². The highest BCUT2D eigenvalue weighted by Crippen LogP contribution is 2.39. The molecule has 3 aromatic rings. The van der Waals surface area contributed by atoms with Gasteiger partial charge in [-0.25, -0.2) is 0 Å². The summed E-state index contributed by atoms with van der Waals surface area (Å²) >= 11 is 0. The highest BCUT2D eigenvalue weighted by molar-refractivity contribution is 5.79. The first-order valence-corrected chi connectivity index (χ1v) is 8.29. The molecule has 1 unspecified atom stereocenters. The van der Waals surface area contributed by atoms with Gasteiger partial charge in [-0.1, -0.05) is 36.4 Å². The van der Waals surface area contributed by atoms with Crippen LogP contribution in [-0.2, 0) is 0 Å². The molecule has 1 aliphatic rings. The number of fused-ring (bicyclic) bond motifs is 1. The zero-order valence-electron chi connectivity index (χ0n) is 14.2. The van der Waals surface area contributed by atoms with Crippen molar-refractivity contribution < 1.29 is 0 Å². The van der Waals surface area contributed by atoms with E-state index in [4.69, 9.17) is 0 Å². The van der Waals surface area contributed by atoms with E-state index in [-0.39, 0.29) is 6.17 Å². The topological polar surface area (TPSA) is 37.0 Å². The van der Waals surface area contributed by atoms with Crippen LogP contribution in [0.4, 0.5) is 11.4 Å². The summed E-state index contributed by atoms with van der Waals surface area (Å²) in [6, 6.07) is 17.0. The molecule has 120 valence electrons. The van der Waals surface area contributed by atoms with Crippen molar-refractivity contribution in [3.05, 3.63) is 77.0 Å². The highest BCUT2D eigenvalue weighted by Gasteiger charge is 2.22. The van der Waals surface area contributed by atoms with E-state index in [0.717, 1.165) is 11.3 Å². The number of anilines is 2. The molecular weight excluding hydrogens is 294 g/mol. The second-order valence-electron chi connectivity index (χ2n) is 6.44. The van der Waals surface area contributed by atoms with Gasteiger partial charge in [-0.05, 0) is 55.2 Å². The van der Waals surface area contributed by atoms with Crippen LogP contribution in [0.3, 0.4) is 0 Å². The predicted molar refractivity (Wildman–Crippen MR) is 100 cm³/mol. The maximum atomic E-state index is 4.50. The van der Waals surface area contributed by atoms with Crippen LogP contribution in [0, 0.1) is 20.8 Å². The van der Waals surface area contributed by atoms with Crippen molar-refractivity contribution in [1.29, 1.82) is 0 Å². The van der Waals surface area contributed by atoms with Gasteiger partial charge in [0.25, 0.3) is 0 Å². The minimum Gasteiger partial charge on any atom is -0.360 e. The van der Waals surface area contributed by atoms with Crippen molar-refractivity contribution in [2.75, 3.05) is 10.6 Å². The molecule has 0 bridgehead atoms. The second-order valence-corrected chi connectivity index (χ2v) is 6.44. The zero-order valence-corrected chi connectivity index (χ0v) is 14.2. The first kappa shape index (κ1) is 14.8. The van der Waals surface area contributed by atoms with E-state index >= 15 is 0 Å². The van der Waals surface area contributed by atoms with Gasteiger partial charge in [0, 0.05) is 11.8 Å². The van der Waals surface area contributed by atoms with E-state index in [2.05, 4.69) is 78.9 Å².